The second-order valence-corrected chi connectivity index (χ2v) is 15.5. The van der Waals surface area contributed by atoms with Crippen LogP contribution in [0.1, 0.15) is 266 Å². The predicted octanol–water partition coefficient (Wildman–Crippen LogP) is 15.8. The number of ether oxygens (including phenoxy) is 2. The third-order valence-corrected chi connectivity index (χ3v) is 10.4. The first-order chi connectivity index (χ1) is 24.4. The molecule has 1 atom stereocenters. The second kappa shape index (κ2) is 44.1. The first kappa shape index (κ1) is 51.0. The maximum atomic E-state index is 11.7. The van der Waals surface area contributed by atoms with E-state index in [0.29, 0.717) is 25.4 Å². The zero-order valence-corrected chi connectivity index (χ0v) is 35.2. The van der Waals surface area contributed by atoms with Gasteiger partial charge in [0.15, 0.2) is 0 Å². The number of hydrogen-bond donors (Lipinski definition) is 0. The summed E-state index contributed by atoms with van der Waals surface area (Å²) >= 11 is 0. The lowest BCUT2D eigenvalue weighted by Gasteiger charge is -2.13. The quantitative estimate of drug-likeness (QED) is 0.0473. The van der Waals surface area contributed by atoms with Crippen molar-refractivity contribution in [3.8, 4) is 0 Å². The van der Waals surface area contributed by atoms with Gasteiger partial charge in [0.1, 0.15) is 6.10 Å². The van der Waals surface area contributed by atoms with Gasteiger partial charge < -0.3 is 9.47 Å². The average Bonchev–Trinajstić information content (AvgIpc) is 3.13. The Morgan fingerprint density at radius 2 is 0.660 bits per heavy atom. The van der Waals surface area contributed by atoms with Crippen LogP contribution in [0.5, 0.6) is 0 Å². The number of unbranched alkanes of at least 4 members (excludes halogenated alkanes) is 28. The molecule has 300 valence electrons. The Kier molecular flexibility index (Phi) is 45.0. The molecule has 0 aromatic rings. The van der Waals surface area contributed by atoms with Crippen LogP contribution in [0.2, 0.25) is 0 Å². The topological polar surface area (TPSA) is 52.6 Å². The van der Waals surface area contributed by atoms with E-state index in [-0.39, 0.29) is 18.0 Å². The number of esters is 2. The Labute approximate surface area is 315 Å². The van der Waals surface area contributed by atoms with E-state index in [4.69, 9.17) is 9.47 Å². The van der Waals surface area contributed by atoms with Crippen molar-refractivity contribution in [2.75, 3.05) is 6.61 Å². The number of carbonyl (C=O) groups excluding carboxylic acids is 2. The van der Waals surface area contributed by atoms with Gasteiger partial charge in [0.25, 0.3) is 0 Å². The fourth-order valence-electron chi connectivity index (χ4n) is 6.41. The van der Waals surface area contributed by atoms with Gasteiger partial charge in [-0.05, 0) is 31.6 Å². The molecule has 0 aromatic heterocycles. The molecule has 0 spiro atoms. The molecule has 0 saturated carbocycles. The van der Waals surface area contributed by atoms with E-state index in [9.17, 15) is 9.59 Å². The summed E-state index contributed by atoms with van der Waals surface area (Å²) in [5.41, 5.74) is 0. The number of rotatable bonds is 38. The van der Waals surface area contributed by atoms with Gasteiger partial charge in [0.2, 0.25) is 0 Å². The molecule has 0 radical (unpaired) electrons. The predicted molar refractivity (Wildman–Crippen MR) is 220 cm³/mol. The van der Waals surface area contributed by atoms with Crippen LogP contribution < -0.4 is 0 Å². The van der Waals surface area contributed by atoms with Crippen molar-refractivity contribution in [1.29, 1.82) is 0 Å². The molecule has 0 bridgehead atoms. The first-order valence-electron chi connectivity index (χ1n) is 22.8. The fourth-order valence-corrected chi connectivity index (χ4v) is 6.41. The average molecular weight is 709 g/mol. The molecule has 0 saturated heterocycles. The summed E-state index contributed by atoms with van der Waals surface area (Å²) in [5.74, 6) is 0.489. The molecule has 0 rings (SSSR count). The third-order valence-electron chi connectivity index (χ3n) is 10.4. The van der Waals surface area contributed by atoms with Crippen molar-refractivity contribution in [1.82, 2.24) is 0 Å². The number of carbonyl (C=O) groups is 2. The lowest BCUT2D eigenvalue weighted by Crippen LogP contribution is -2.16. The highest BCUT2D eigenvalue weighted by molar-refractivity contribution is 5.69. The van der Waals surface area contributed by atoms with Crippen LogP contribution >= 0.6 is 0 Å². The van der Waals surface area contributed by atoms with Crippen LogP contribution in [0, 0.1) is 5.92 Å². The smallest absolute Gasteiger partial charge is 0.306 e. The van der Waals surface area contributed by atoms with Crippen LogP contribution in [-0.4, -0.2) is 24.6 Å². The van der Waals surface area contributed by atoms with Crippen LogP contribution in [0.4, 0.5) is 0 Å². The maximum absolute atomic E-state index is 11.7. The van der Waals surface area contributed by atoms with E-state index < -0.39 is 0 Å². The highest BCUT2D eigenvalue weighted by Gasteiger charge is 2.10. The molecule has 0 aliphatic heterocycles. The SMILES string of the molecule is CCCCCCCCCCCCCCCCCC(=O)OC(CC)CC.CCCCCCCCCCCCCCCCCC(=O)OCC(C)CC. The van der Waals surface area contributed by atoms with E-state index in [0.717, 1.165) is 32.1 Å². The van der Waals surface area contributed by atoms with Crippen molar-refractivity contribution in [3.63, 3.8) is 0 Å². The lowest BCUT2D eigenvalue weighted by atomic mass is 10.0. The van der Waals surface area contributed by atoms with Crippen molar-refractivity contribution in [2.45, 2.75) is 272 Å². The minimum atomic E-state index is -0.00464. The van der Waals surface area contributed by atoms with Crippen LogP contribution in [0.15, 0.2) is 0 Å². The van der Waals surface area contributed by atoms with Crippen LogP contribution in [-0.2, 0) is 19.1 Å². The molecule has 4 nitrogen and oxygen atoms in total. The van der Waals surface area contributed by atoms with Crippen LogP contribution in [0.3, 0.4) is 0 Å². The Morgan fingerprint density at radius 1 is 0.380 bits per heavy atom. The molecule has 4 heteroatoms. The van der Waals surface area contributed by atoms with Gasteiger partial charge >= 0.3 is 11.9 Å². The van der Waals surface area contributed by atoms with Gasteiger partial charge in [-0.2, -0.15) is 0 Å². The van der Waals surface area contributed by atoms with Crippen molar-refractivity contribution in [3.05, 3.63) is 0 Å². The van der Waals surface area contributed by atoms with Crippen molar-refractivity contribution < 1.29 is 19.1 Å². The molecule has 0 aliphatic carbocycles. The van der Waals surface area contributed by atoms with E-state index >= 15 is 0 Å². The summed E-state index contributed by atoms with van der Waals surface area (Å²) in [5, 5.41) is 0. The largest absolute Gasteiger partial charge is 0.465 e. The molecule has 0 N–H and O–H groups in total. The highest BCUT2D eigenvalue weighted by atomic mass is 16.5. The summed E-state index contributed by atoms with van der Waals surface area (Å²) < 4.78 is 10.7. The third kappa shape index (κ3) is 43.1. The summed E-state index contributed by atoms with van der Waals surface area (Å²) in [6.07, 6.45) is 45.0. The Bertz CT molecular complexity index is 659. The summed E-state index contributed by atoms with van der Waals surface area (Å²) in [6.45, 7) is 13.6. The van der Waals surface area contributed by atoms with Crippen molar-refractivity contribution in [2.24, 2.45) is 5.92 Å². The van der Waals surface area contributed by atoms with Gasteiger partial charge in [-0.15, -0.1) is 0 Å². The Balaban J connectivity index is 0. The fraction of sp³-hybridized carbons (Fsp3) is 0.957. The zero-order valence-electron chi connectivity index (χ0n) is 35.2. The van der Waals surface area contributed by atoms with E-state index in [1.165, 1.54) is 180 Å². The summed E-state index contributed by atoms with van der Waals surface area (Å²) in [7, 11) is 0. The van der Waals surface area contributed by atoms with Gasteiger partial charge in [0, 0.05) is 12.8 Å². The lowest BCUT2D eigenvalue weighted by molar-refractivity contribution is -0.149. The van der Waals surface area contributed by atoms with E-state index in [1.54, 1.807) is 0 Å². The normalized spacial score (nSPS) is 11.7. The minimum Gasteiger partial charge on any atom is -0.465 e. The van der Waals surface area contributed by atoms with Gasteiger partial charge in [-0.25, -0.2) is 0 Å². The Hall–Kier alpha value is -1.06. The van der Waals surface area contributed by atoms with Gasteiger partial charge in [-0.3, -0.25) is 9.59 Å². The molecule has 0 aliphatic rings. The summed E-state index contributed by atoms with van der Waals surface area (Å²) in [6, 6.07) is 0. The zero-order chi connectivity index (χ0) is 37.2. The molecular weight excluding hydrogens is 617 g/mol. The highest BCUT2D eigenvalue weighted by Crippen LogP contribution is 2.16. The molecule has 50 heavy (non-hydrogen) atoms. The maximum Gasteiger partial charge on any atom is 0.306 e. The second-order valence-electron chi connectivity index (χ2n) is 15.5. The molecule has 0 aromatic carbocycles. The monoisotopic (exact) mass is 709 g/mol. The van der Waals surface area contributed by atoms with E-state index in [2.05, 4.69) is 41.5 Å². The standard InChI is InChI=1S/2C23H46O2/c1-4-6-7-8-9-10-11-12-13-14-15-16-17-18-19-20-23(24)25-21-22(3)5-2;1-4-7-8-9-10-11-12-13-14-15-16-17-18-19-20-21-23(24)25-22(5-2)6-3/h2*22H,4-21H2,1-3H3. The number of hydrogen-bond acceptors (Lipinski definition) is 4. The summed E-state index contributed by atoms with van der Waals surface area (Å²) in [4.78, 5) is 23.3. The molecule has 0 heterocycles. The molecule has 0 fully saturated rings. The molecule has 1 unspecified atom stereocenters. The van der Waals surface area contributed by atoms with Gasteiger partial charge in [0.05, 0.1) is 6.61 Å². The minimum absolute atomic E-state index is 0.00314. The first-order valence-corrected chi connectivity index (χ1v) is 22.8. The van der Waals surface area contributed by atoms with Crippen LogP contribution in [0.25, 0.3) is 0 Å². The molecular formula is C46H92O4. The Morgan fingerprint density at radius 3 is 0.940 bits per heavy atom. The molecule has 0 amide bonds. The van der Waals surface area contributed by atoms with Gasteiger partial charge in [-0.1, -0.05) is 228 Å². The van der Waals surface area contributed by atoms with Crippen molar-refractivity contribution >= 4 is 11.9 Å². The van der Waals surface area contributed by atoms with E-state index in [1.807, 2.05) is 0 Å².